The molecule has 8 nitrogen and oxygen atoms in total. The lowest BCUT2D eigenvalue weighted by molar-refractivity contribution is -0.118. The van der Waals surface area contributed by atoms with Crippen LogP contribution in [0.25, 0.3) is 0 Å². The van der Waals surface area contributed by atoms with Crippen molar-refractivity contribution in [3.05, 3.63) is 64.4 Å². The molecule has 2 amide bonds. The number of para-hydroxylation sites is 1. The zero-order valence-corrected chi connectivity index (χ0v) is 16.4. The molecule has 0 saturated heterocycles. The van der Waals surface area contributed by atoms with Crippen molar-refractivity contribution in [3.63, 3.8) is 0 Å². The first-order valence-electron chi connectivity index (χ1n) is 8.67. The topological polar surface area (TPSA) is 98.1 Å². The highest BCUT2D eigenvalue weighted by molar-refractivity contribution is 6.36. The van der Waals surface area contributed by atoms with Gasteiger partial charge in [0.2, 0.25) is 11.9 Å². The van der Waals surface area contributed by atoms with Crippen molar-refractivity contribution in [2.75, 3.05) is 17.2 Å². The Morgan fingerprint density at radius 3 is 2.93 bits per heavy atom. The van der Waals surface area contributed by atoms with E-state index in [2.05, 4.69) is 20.7 Å². The van der Waals surface area contributed by atoms with E-state index in [1.165, 1.54) is 6.33 Å². The van der Waals surface area contributed by atoms with Crippen molar-refractivity contribution < 1.29 is 14.3 Å². The van der Waals surface area contributed by atoms with E-state index in [0.29, 0.717) is 27.4 Å². The van der Waals surface area contributed by atoms with Gasteiger partial charge >= 0.3 is 0 Å². The third-order valence-electron chi connectivity index (χ3n) is 4.34. The fourth-order valence-corrected chi connectivity index (χ4v) is 3.51. The molecule has 0 bridgehead atoms. The van der Waals surface area contributed by atoms with Gasteiger partial charge in [-0.2, -0.15) is 10.1 Å². The number of fused-ring (bicyclic) bond motifs is 1. The van der Waals surface area contributed by atoms with Crippen LogP contribution in [0.4, 0.5) is 11.6 Å². The molecule has 2 heterocycles. The van der Waals surface area contributed by atoms with E-state index in [4.69, 9.17) is 27.9 Å². The van der Waals surface area contributed by atoms with Gasteiger partial charge in [0, 0.05) is 10.6 Å². The molecule has 2 aromatic carbocycles. The highest BCUT2D eigenvalue weighted by Gasteiger charge is 2.29. The van der Waals surface area contributed by atoms with Crippen LogP contribution in [-0.2, 0) is 9.59 Å². The molecular weight excluding hydrogens is 417 g/mol. The summed E-state index contributed by atoms with van der Waals surface area (Å²) in [6, 6.07) is 11.6. The van der Waals surface area contributed by atoms with Gasteiger partial charge < -0.3 is 10.1 Å². The van der Waals surface area contributed by atoms with E-state index in [0.717, 1.165) is 5.56 Å². The second-order valence-corrected chi connectivity index (χ2v) is 7.14. The van der Waals surface area contributed by atoms with E-state index in [-0.39, 0.29) is 30.9 Å². The normalized spacial score (nSPS) is 15.4. The van der Waals surface area contributed by atoms with Crippen LogP contribution < -0.4 is 15.4 Å². The Hall–Kier alpha value is -3.10. The molecule has 148 valence electrons. The van der Waals surface area contributed by atoms with Gasteiger partial charge in [-0.15, -0.1) is 0 Å². The fraction of sp³-hybridized carbons (Fsp3) is 0.158. The van der Waals surface area contributed by atoms with Crippen molar-refractivity contribution in [1.82, 2.24) is 14.8 Å². The van der Waals surface area contributed by atoms with Crippen LogP contribution in [0.2, 0.25) is 10.0 Å². The maximum atomic E-state index is 12.3. The first-order valence-corrected chi connectivity index (χ1v) is 9.43. The number of nitrogens with one attached hydrogen (secondary N) is 2. The number of nitrogens with zero attached hydrogens (tertiary/aromatic N) is 3. The second kappa shape index (κ2) is 8.10. The Kier molecular flexibility index (Phi) is 5.37. The first kappa shape index (κ1) is 19.2. The minimum atomic E-state index is -0.383. The summed E-state index contributed by atoms with van der Waals surface area (Å²) in [5, 5.41) is 10.3. The number of halogens is 2. The summed E-state index contributed by atoms with van der Waals surface area (Å²) in [5.74, 6) is 0.300. The van der Waals surface area contributed by atoms with Crippen LogP contribution in [0, 0.1) is 0 Å². The van der Waals surface area contributed by atoms with Gasteiger partial charge in [-0.1, -0.05) is 41.4 Å². The number of anilines is 2. The van der Waals surface area contributed by atoms with E-state index in [1.807, 2.05) is 12.1 Å². The third-order valence-corrected chi connectivity index (χ3v) is 4.89. The molecule has 0 unspecified atom stereocenters. The van der Waals surface area contributed by atoms with Crippen molar-refractivity contribution in [1.29, 1.82) is 0 Å². The molecule has 10 heteroatoms. The predicted octanol–water partition coefficient (Wildman–Crippen LogP) is 3.53. The van der Waals surface area contributed by atoms with Crippen LogP contribution in [0.1, 0.15) is 18.0 Å². The van der Waals surface area contributed by atoms with Gasteiger partial charge in [-0.25, -0.2) is 4.68 Å². The number of hydrogen-bond donors (Lipinski definition) is 2. The number of carbonyl (C=O) groups excluding carboxylic acids is 2. The third kappa shape index (κ3) is 4.18. The number of hydrogen-bond acceptors (Lipinski definition) is 5. The molecule has 1 atom stereocenters. The van der Waals surface area contributed by atoms with Gasteiger partial charge in [0.15, 0.2) is 6.61 Å². The van der Waals surface area contributed by atoms with Crippen LogP contribution in [0.15, 0.2) is 48.8 Å². The Balaban J connectivity index is 1.50. The summed E-state index contributed by atoms with van der Waals surface area (Å²) in [6.45, 7) is -0.237. The van der Waals surface area contributed by atoms with E-state index < -0.39 is 0 Å². The van der Waals surface area contributed by atoms with Gasteiger partial charge in [-0.05, 0) is 24.3 Å². The van der Waals surface area contributed by atoms with Crippen molar-refractivity contribution >= 4 is 46.7 Å². The zero-order valence-electron chi connectivity index (χ0n) is 14.9. The molecule has 4 rings (SSSR count). The summed E-state index contributed by atoms with van der Waals surface area (Å²) < 4.78 is 7.36. The predicted molar refractivity (Wildman–Crippen MR) is 108 cm³/mol. The van der Waals surface area contributed by atoms with E-state index >= 15 is 0 Å². The highest BCUT2D eigenvalue weighted by atomic mass is 35.5. The molecule has 2 N–H and O–H groups in total. The smallest absolute Gasteiger partial charge is 0.262 e. The van der Waals surface area contributed by atoms with Crippen LogP contribution in [0.3, 0.4) is 0 Å². The maximum absolute atomic E-state index is 12.3. The number of amides is 2. The first-order chi connectivity index (χ1) is 14.0. The molecular formula is C19H15Cl2N5O3. The van der Waals surface area contributed by atoms with E-state index in [9.17, 15) is 9.59 Å². The second-order valence-electron chi connectivity index (χ2n) is 6.30. The maximum Gasteiger partial charge on any atom is 0.262 e. The standard InChI is InChI=1S/C19H15Cl2N5O3/c20-11-5-6-14(13(21)7-11)24-18(28)9-29-16-4-2-1-3-12(16)15-8-17(27)25-19-22-10-23-26(15)19/h1-7,10,15H,8-9H2,(H,24,28)(H,22,23,25,27)/t15-/m0/s1. The summed E-state index contributed by atoms with van der Waals surface area (Å²) >= 11 is 11.9. The van der Waals surface area contributed by atoms with Gasteiger partial charge in [0.05, 0.1) is 23.2 Å². The summed E-state index contributed by atoms with van der Waals surface area (Å²) in [4.78, 5) is 28.4. The van der Waals surface area contributed by atoms with Crippen LogP contribution in [-0.4, -0.2) is 33.2 Å². The largest absolute Gasteiger partial charge is 0.483 e. The Morgan fingerprint density at radius 2 is 2.10 bits per heavy atom. The SMILES string of the molecule is O=C(COc1ccccc1[C@@H]1CC(=O)Nc2ncnn21)Nc1ccc(Cl)cc1Cl. The lowest BCUT2D eigenvalue weighted by atomic mass is 10.0. The minimum absolute atomic E-state index is 0.166. The molecule has 0 saturated carbocycles. The van der Waals surface area contributed by atoms with Gasteiger partial charge in [0.1, 0.15) is 12.1 Å². The molecule has 1 aliphatic rings. The van der Waals surface area contributed by atoms with E-state index in [1.54, 1.807) is 35.0 Å². The van der Waals surface area contributed by atoms with Crippen molar-refractivity contribution in [2.24, 2.45) is 0 Å². The average molecular weight is 432 g/mol. The summed E-state index contributed by atoms with van der Waals surface area (Å²) in [5.41, 5.74) is 1.17. The number of ether oxygens (including phenoxy) is 1. The molecule has 29 heavy (non-hydrogen) atoms. The van der Waals surface area contributed by atoms with Crippen LogP contribution in [0.5, 0.6) is 5.75 Å². The Morgan fingerprint density at radius 1 is 1.28 bits per heavy atom. The molecule has 0 radical (unpaired) electrons. The van der Waals surface area contributed by atoms with Gasteiger partial charge in [-0.3, -0.25) is 14.9 Å². The molecule has 1 aliphatic heterocycles. The molecule has 0 spiro atoms. The molecule has 1 aromatic heterocycles. The lowest BCUT2D eigenvalue weighted by Gasteiger charge is -2.25. The minimum Gasteiger partial charge on any atom is -0.483 e. The fourth-order valence-electron chi connectivity index (χ4n) is 3.05. The number of carbonyl (C=O) groups is 2. The Bertz CT molecular complexity index is 1090. The van der Waals surface area contributed by atoms with Crippen LogP contribution >= 0.6 is 23.2 Å². The number of aromatic nitrogens is 3. The molecule has 0 aliphatic carbocycles. The summed E-state index contributed by atoms with van der Waals surface area (Å²) in [6.07, 6.45) is 1.56. The monoisotopic (exact) mass is 431 g/mol. The van der Waals surface area contributed by atoms with Gasteiger partial charge in [0.25, 0.3) is 5.91 Å². The van der Waals surface area contributed by atoms with Crippen molar-refractivity contribution in [3.8, 4) is 5.75 Å². The Labute approximate surface area is 175 Å². The summed E-state index contributed by atoms with van der Waals surface area (Å²) in [7, 11) is 0. The molecule has 3 aromatic rings. The quantitative estimate of drug-likeness (QED) is 0.643. The highest BCUT2D eigenvalue weighted by Crippen LogP contribution is 2.34. The molecule has 0 fully saturated rings. The zero-order chi connectivity index (χ0) is 20.4. The number of benzene rings is 2. The number of rotatable bonds is 5. The average Bonchev–Trinajstić information content (AvgIpc) is 3.16. The lowest BCUT2D eigenvalue weighted by Crippen LogP contribution is -2.29. The van der Waals surface area contributed by atoms with Crippen molar-refractivity contribution in [2.45, 2.75) is 12.5 Å².